The standard InChI is InChI=1S/C24H29FN2O/c1-19(2)15-26(16-20-7-4-9-22(25)13-20)18-23-10-6-12-27(23)17-21-8-5-11-24(14-21)28-3/h4-14,19H,15-18H2,1-3H3. The molecule has 0 unspecified atom stereocenters. The first-order chi connectivity index (χ1) is 13.5. The molecule has 0 atom stereocenters. The number of hydrogen-bond donors (Lipinski definition) is 0. The Morgan fingerprint density at radius 2 is 1.75 bits per heavy atom. The second-order valence-corrected chi connectivity index (χ2v) is 7.67. The van der Waals surface area contributed by atoms with E-state index in [1.54, 1.807) is 19.2 Å². The summed E-state index contributed by atoms with van der Waals surface area (Å²) >= 11 is 0. The molecule has 1 heterocycles. The molecule has 0 N–H and O–H groups in total. The maximum absolute atomic E-state index is 13.6. The number of hydrogen-bond acceptors (Lipinski definition) is 2. The third-order valence-electron chi connectivity index (χ3n) is 4.71. The predicted molar refractivity (Wildman–Crippen MR) is 112 cm³/mol. The highest BCUT2D eigenvalue weighted by Crippen LogP contribution is 2.17. The highest BCUT2D eigenvalue weighted by Gasteiger charge is 2.12. The van der Waals surface area contributed by atoms with Crippen molar-refractivity contribution >= 4 is 0 Å². The van der Waals surface area contributed by atoms with Gasteiger partial charge in [-0.2, -0.15) is 0 Å². The molecule has 0 saturated heterocycles. The van der Waals surface area contributed by atoms with Gasteiger partial charge in [0, 0.05) is 38.1 Å². The summed E-state index contributed by atoms with van der Waals surface area (Å²) in [5.41, 5.74) is 3.46. The van der Waals surface area contributed by atoms with Crippen LogP contribution in [0, 0.1) is 11.7 Å². The maximum atomic E-state index is 13.6. The lowest BCUT2D eigenvalue weighted by Crippen LogP contribution is -2.28. The topological polar surface area (TPSA) is 17.4 Å². The molecule has 0 bridgehead atoms. The van der Waals surface area contributed by atoms with Crippen molar-refractivity contribution in [2.75, 3.05) is 13.7 Å². The second-order valence-electron chi connectivity index (χ2n) is 7.67. The van der Waals surface area contributed by atoms with E-state index in [9.17, 15) is 4.39 Å². The molecule has 2 aromatic carbocycles. The summed E-state index contributed by atoms with van der Waals surface area (Å²) in [7, 11) is 1.69. The lowest BCUT2D eigenvalue weighted by molar-refractivity contribution is 0.222. The van der Waals surface area contributed by atoms with Crippen LogP contribution in [0.4, 0.5) is 4.39 Å². The van der Waals surface area contributed by atoms with Crippen molar-refractivity contribution in [1.29, 1.82) is 0 Å². The van der Waals surface area contributed by atoms with Crippen LogP contribution in [0.1, 0.15) is 30.7 Å². The fourth-order valence-electron chi connectivity index (χ4n) is 3.54. The molecular formula is C24H29FN2O. The molecule has 28 heavy (non-hydrogen) atoms. The molecule has 0 fully saturated rings. The van der Waals surface area contributed by atoms with Crippen LogP contribution in [0.2, 0.25) is 0 Å². The second kappa shape index (κ2) is 9.56. The SMILES string of the molecule is COc1cccc(Cn2cccc2CN(Cc2cccc(F)c2)CC(C)C)c1. The molecule has 0 spiro atoms. The van der Waals surface area contributed by atoms with E-state index in [2.05, 4.69) is 53.8 Å². The van der Waals surface area contributed by atoms with Gasteiger partial charge in [-0.15, -0.1) is 0 Å². The van der Waals surface area contributed by atoms with Crippen LogP contribution in [-0.2, 0) is 19.6 Å². The van der Waals surface area contributed by atoms with Crippen LogP contribution >= 0.6 is 0 Å². The van der Waals surface area contributed by atoms with Crippen LogP contribution in [-0.4, -0.2) is 23.1 Å². The van der Waals surface area contributed by atoms with Crippen molar-refractivity contribution in [2.24, 2.45) is 5.92 Å². The molecule has 1 aromatic heterocycles. The molecule has 0 saturated carbocycles. The highest BCUT2D eigenvalue weighted by molar-refractivity contribution is 5.29. The number of rotatable bonds is 9. The largest absolute Gasteiger partial charge is 0.497 e. The van der Waals surface area contributed by atoms with E-state index in [1.165, 1.54) is 17.3 Å². The summed E-state index contributed by atoms with van der Waals surface area (Å²) in [6.45, 7) is 7.75. The number of nitrogens with zero attached hydrogens (tertiary/aromatic N) is 2. The molecule has 0 aliphatic carbocycles. The molecule has 0 amide bonds. The Kier molecular flexibility index (Phi) is 6.88. The minimum atomic E-state index is -0.177. The van der Waals surface area contributed by atoms with E-state index < -0.39 is 0 Å². The quantitative estimate of drug-likeness (QED) is 0.498. The van der Waals surface area contributed by atoms with Gasteiger partial charge in [-0.3, -0.25) is 4.90 Å². The summed E-state index contributed by atoms with van der Waals surface area (Å²) in [5.74, 6) is 1.23. The van der Waals surface area contributed by atoms with Gasteiger partial charge in [-0.05, 0) is 53.4 Å². The molecule has 0 aliphatic heterocycles. The Morgan fingerprint density at radius 3 is 2.50 bits per heavy atom. The van der Waals surface area contributed by atoms with E-state index in [1.807, 2.05) is 18.2 Å². The summed E-state index contributed by atoms with van der Waals surface area (Å²) in [5, 5.41) is 0. The van der Waals surface area contributed by atoms with Gasteiger partial charge in [0.1, 0.15) is 11.6 Å². The highest BCUT2D eigenvalue weighted by atomic mass is 19.1. The van der Waals surface area contributed by atoms with Gasteiger partial charge in [0.05, 0.1) is 7.11 Å². The van der Waals surface area contributed by atoms with Crippen molar-refractivity contribution in [2.45, 2.75) is 33.5 Å². The average Bonchev–Trinajstić information content (AvgIpc) is 3.08. The van der Waals surface area contributed by atoms with Crippen molar-refractivity contribution in [1.82, 2.24) is 9.47 Å². The third kappa shape index (κ3) is 5.70. The zero-order valence-corrected chi connectivity index (χ0v) is 16.9. The summed E-state index contributed by atoms with van der Waals surface area (Å²) in [6, 6.07) is 19.3. The van der Waals surface area contributed by atoms with Crippen LogP contribution < -0.4 is 4.74 Å². The molecular weight excluding hydrogens is 351 g/mol. The minimum absolute atomic E-state index is 0.177. The number of methoxy groups -OCH3 is 1. The smallest absolute Gasteiger partial charge is 0.123 e. The molecule has 4 heteroatoms. The van der Waals surface area contributed by atoms with E-state index in [4.69, 9.17) is 4.74 Å². The van der Waals surface area contributed by atoms with Crippen LogP contribution in [0.25, 0.3) is 0 Å². The fourth-order valence-corrected chi connectivity index (χ4v) is 3.54. The molecule has 148 valence electrons. The summed E-state index contributed by atoms with van der Waals surface area (Å²) in [6.07, 6.45) is 2.12. The lowest BCUT2D eigenvalue weighted by atomic mass is 10.1. The Labute approximate surface area is 167 Å². The van der Waals surface area contributed by atoms with E-state index in [-0.39, 0.29) is 5.82 Å². The Morgan fingerprint density at radius 1 is 0.964 bits per heavy atom. The monoisotopic (exact) mass is 380 g/mol. The molecule has 0 aliphatic rings. The first kappa shape index (κ1) is 20.2. The molecule has 3 rings (SSSR count). The number of benzene rings is 2. The first-order valence-electron chi connectivity index (χ1n) is 9.77. The maximum Gasteiger partial charge on any atom is 0.123 e. The number of halogens is 1. The van der Waals surface area contributed by atoms with Gasteiger partial charge in [-0.25, -0.2) is 4.39 Å². The summed E-state index contributed by atoms with van der Waals surface area (Å²) < 4.78 is 21.2. The zero-order chi connectivity index (χ0) is 19.9. The van der Waals surface area contributed by atoms with E-state index >= 15 is 0 Å². The summed E-state index contributed by atoms with van der Waals surface area (Å²) in [4.78, 5) is 2.39. The molecule has 3 aromatic rings. The van der Waals surface area contributed by atoms with E-state index in [0.29, 0.717) is 5.92 Å². The fraction of sp³-hybridized carbons (Fsp3) is 0.333. The van der Waals surface area contributed by atoms with Crippen LogP contribution in [0.15, 0.2) is 66.9 Å². The predicted octanol–water partition coefficient (Wildman–Crippen LogP) is 5.34. The van der Waals surface area contributed by atoms with Crippen molar-refractivity contribution in [3.8, 4) is 5.75 Å². The number of aromatic nitrogens is 1. The van der Waals surface area contributed by atoms with Gasteiger partial charge in [-0.1, -0.05) is 38.1 Å². The Balaban J connectivity index is 1.75. The van der Waals surface area contributed by atoms with Crippen LogP contribution in [0.5, 0.6) is 5.75 Å². The van der Waals surface area contributed by atoms with Gasteiger partial charge in [0.2, 0.25) is 0 Å². The van der Waals surface area contributed by atoms with Crippen molar-refractivity contribution < 1.29 is 9.13 Å². The van der Waals surface area contributed by atoms with Gasteiger partial charge < -0.3 is 9.30 Å². The van der Waals surface area contributed by atoms with Gasteiger partial charge in [0.25, 0.3) is 0 Å². The lowest BCUT2D eigenvalue weighted by Gasteiger charge is -2.25. The third-order valence-corrected chi connectivity index (χ3v) is 4.71. The van der Waals surface area contributed by atoms with Gasteiger partial charge >= 0.3 is 0 Å². The first-order valence-corrected chi connectivity index (χ1v) is 9.77. The molecule has 3 nitrogen and oxygen atoms in total. The van der Waals surface area contributed by atoms with Crippen molar-refractivity contribution in [3.63, 3.8) is 0 Å². The van der Waals surface area contributed by atoms with E-state index in [0.717, 1.165) is 37.5 Å². The molecule has 0 radical (unpaired) electrons. The number of ether oxygens (including phenoxy) is 1. The van der Waals surface area contributed by atoms with Crippen molar-refractivity contribution in [3.05, 3.63) is 89.5 Å². The Hall–Kier alpha value is -2.59. The normalized spacial score (nSPS) is 11.4. The zero-order valence-electron chi connectivity index (χ0n) is 16.9. The Bertz CT molecular complexity index is 888. The average molecular weight is 381 g/mol. The van der Waals surface area contributed by atoms with Crippen LogP contribution in [0.3, 0.4) is 0 Å². The van der Waals surface area contributed by atoms with Gasteiger partial charge in [0.15, 0.2) is 0 Å². The minimum Gasteiger partial charge on any atom is -0.497 e.